The molecule has 21 heavy (non-hydrogen) atoms. The van der Waals surface area contributed by atoms with Crippen molar-refractivity contribution < 1.29 is 4.74 Å². The van der Waals surface area contributed by atoms with Crippen molar-refractivity contribution in [2.24, 2.45) is 5.84 Å². The summed E-state index contributed by atoms with van der Waals surface area (Å²) >= 11 is 12.5. The molecule has 5 heteroatoms. The van der Waals surface area contributed by atoms with E-state index in [4.69, 9.17) is 33.8 Å². The number of halogens is 2. The van der Waals surface area contributed by atoms with Crippen molar-refractivity contribution in [3.8, 4) is 5.75 Å². The van der Waals surface area contributed by atoms with Gasteiger partial charge in [0.2, 0.25) is 0 Å². The maximum absolute atomic E-state index is 6.39. The van der Waals surface area contributed by atoms with E-state index >= 15 is 0 Å². The Balaban J connectivity index is 2.35. The van der Waals surface area contributed by atoms with Crippen LogP contribution in [-0.4, -0.2) is 7.11 Å². The van der Waals surface area contributed by atoms with Gasteiger partial charge < -0.3 is 4.74 Å². The van der Waals surface area contributed by atoms with E-state index in [1.807, 2.05) is 37.3 Å². The average molecular weight is 325 g/mol. The van der Waals surface area contributed by atoms with Crippen molar-refractivity contribution in [3.63, 3.8) is 0 Å². The van der Waals surface area contributed by atoms with Gasteiger partial charge in [0, 0.05) is 10.0 Å². The second-order valence-electron chi connectivity index (χ2n) is 4.86. The molecule has 0 aliphatic heterocycles. The fraction of sp³-hybridized carbons (Fsp3) is 0.250. The lowest BCUT2D eigenvalue weighted by Crippen LogP contribution is -2.30. The van der Waals surface area contributed by atoms with Gasteiger partial charge in [0.1, 0.15) is 5.75 Å². The molecular weight excluding hydrogens is 307 g/mol. The number of hydrogen-bond donors (Lipinski definition) is 2. The van der Waals surface area contributed by atoms with Crippen LogP contribution in [0.3, 0.4) is 0 Å². The number of hydrogen-bond acceptors (Lipinski definition) is 3. The van der Waals surface area contributed by atoms with Gasteiger partial charge in [-0.3, -0.25) is 11.3 Å². The van der Waals surface area contributed by atoms with E-state index in [2.05, 4.69) is 5.43 Å². The summed E-state index contributed by atoms with van der Waals surface area (Å²) in [4.78, 5) is 0. The molecule has 112 valence electrons. The maximum atomic E-state index is 6.39. The van der Waals surface area contributed by atoms with E-state index in [1.165, 1.54) is 0 Å². The molecule has 0 spiro atoms. The van der Waals surface area contributed by atoms with Crippen LogP contribution in [0.4, 0.5) is 0 Å². The van der Waals surface area contributed by atoms with Crippen molar-refractivity contribution in [2.75, 3.05) is 7.11 Å². The standard InChI is InChI=1S/C16H18Cl2N2O/c1-10-4-3-5-13(16(10)18)14(20-19)9-11-8-12(17)6-7-15(11)21-2/h3-8,14,20H,9,19H2,1-2H3. The Bertz CT molecular complexity index is 632. The largest absolute Gasteiger partial charge is 0.496 e. The molecule has 0 heterocycles. The first kappa shape index (κ1) is 16.1. The normalized spacial score (nSPS) is 12.2. The SMILES string of the molecule is COc1ccc(Cl)cc1CC(NN)c1cccc(C)c1Cl. The fourth-order valence-corrected chi connectivity index (χ4v) is 2.78. The van der Waals surface area contributed by atoms with Gasteiger partial charge >= 0.3 is 0 Å². The van der Waals surface area contributed by atoms with E-state index in [-0.39, 0.29) is 6.04 Å². The lowest BCUT2D eigenvalue weighted by molar-refractivity contribution is 0.405. The van der Waals surface area contributed by atoms with Crippen LogP contribution in [0, 0.1) is 6.92 Å². The highest BCUT2D eigenvalue weighted by atomic mass is 35.5. The van der Waals surface area contributed by atoms with Gasteiger partial charge in [-0.15, -0.1) is 0 Å². The molecule has 0 saturated carbocycles. The van der Waals surface area contributed by atoms with Crippen LogP contribution >= 0.6 is 23.2 Å². The van der Waals surface area contributed by atoms with Crippen LogP contribution in [0.1, 0.15) is 22.7 Å². The third kappa shape index (κ3) is 3.69. The Morgan fingerprint density at radius 1 is 1.24 bits per heavy atom. The van der Waals surface area contributed by atoms with Crippen molar-refractivity contribution in [1.29, 1.82) is 0 Å². The fourth-order valence-electron chi connectivity index (χ4n) is 2.32. The topological polar surface area (TPSA) is 47.3 Å². The number of nitrogens with two attached hydrogens (primary N) is 1. The highest BCUT2D eigenvalue weighted by Gasteiger charge is 2.17. The molecule has 3 nitrogen and oxygen atoms in total. The Kier molecular flexibility index (Phi) is 5.48. The third-order valence-corrected chi connectivity index (χ3v) is 4.22. The summed E-state index contributed by atoms with van der Waals surface area (Å²) in [5.74, 6) is 6.50. The van der Waals surface area contributed by atoms with Crippen LogP contribution in [0.25, 0.3) is 0 Å². The van der Waals surface area contributed by atoms with Gasteiger partial charge in [0.05, 0.1) is 13.2 Å². The molecule has 0 fully saturated rings. The molecular formula is C16H18Cl2N2O. The highest BCUT2D eigenvalue weighted by molar-refractivity contribution is 6.32. The number of methoxy groups -OCH3 is 1. The number of nitrogens with one attached hydrogen (secondary N) is 1. The Hall–Kier alpha value is -1.26. The predicted octanol–water partition coefficient (Wildman–Crippen LogP) is 4.06. The molecule has 0 aromatic heterocycles. The van der Waals surface area contributed by atoms with Crippen LogP contribution < -0.4 is 16.0 Å². The lowest BCUT2D eigenvalue weighted by atomic mass is 9.97. The maximum Gasteiger partial charge on any atom is 0.122 e. The van der Waals surface area contributed by atoms with Gasteiger partial charge in [-0.1, -0.05) is 41.4 Å². The van der Waals surface area contributed by atoms with E-state index in [1.54, 1.807) is 13.2 Å². The number of ether oxygens (including phenoxy) is 1. The van der Waals surface area contributed by atoms with Gasteiger partial charge in [-0.25, -0.2) is 0 Å². The second kappa shape index (κ2) is 7.14. The monoisotopic (exact) mass is 324 g/mol. The van der Waals surface area contributed by atoms with Crippen molar-refractivity contribution >= 4 is 23.2 Å². The first-order chi connectivity index (χ1) is 10.1. The zero-order valence-electron chi connectivity index (χ0n) is 12.0. The average Bonchev–Trinajstić information content (AvgIpc) is 2.48. The number of rotatable bonds is 5. The minimum absolute atomic E-state index is 0.121. The quantitative estimate of drug-likeness (QED) is 0.644. The zero-order valence-corrected chi connectivity index (χ0v) is 13.5. The summed E-state index contributed by atoms with van der Waals surface area (Å²) in [5, 5.41) is 1.39. The van der Waals surface area contributed by atoms with E-state index in [0.29, 0.717) is 11.4 Å². The molecule has 2 rings (SSSR count). The lowest BCUT2D eigenvalue weighted by Gasteiger charge is -2.20. The van der Waals surface area contributed by atoms with Gasteiger partial charge in [-0.2, -0.15) is 0 Å². The first-order valence-electron chi connectivity index (χ1n) is 6.60. The van der Waals surface area contributed by atoms with Crippen LogP contribution in [0.5, 0.6) is 5.75 Å². The minimum atomic E-state index is -0.121. The van der Waals surface area contributed by atoms with Gasteiger partial charge in [0.15, 0.2) is 0 Å². The Labute approximate surface area is 135 Å². The number of hydrazine groups is 1. The Morgan fingerprint density at radius 3 is 2.67 bits per heavy atom. The van der Waals surface area contributed by atoms with Gasteiger partial charge in [-0.05, 0) is 48.2 Å². The zero-order chi connectivity index (χ0) is 15.4. The van der Waals surface area contributed by atoms with E-state index < -0.39 is 0 Å². The molecule has 1 unspecified atom stereocenters. The molecule has 3 N–H and O–H groups in total. The third-order valence-electron chi connectivity index (χ3n) is 3.46. The van der Waals surface area contributed by atoms with Crippen molar-refractivity contribution in [2.45, 2.75) is 19.4 Å². The smallest absolute Gasteiger partial charge is 0.122 e. The van der Waals surface area contributed by atoms with Crippen LogP contribution in [-0.2, 0) is 6.42 Å². The molecule has 0 radical (unpaired) electrons. The van der Waals surface area contributed by atoms with E-state index in [9.17, 15) is 0 Å². The van der Waals surface area contributed by atoms with Crippen LogP contribution in [0.15, 0.2) is 36.4 Å². The Morgan fingerprint density at radius 2 is 2.00 bits per heavy atom. The molecule has 0 saturated heterocycles. The summed E-state index contributed by atoms with van der Waals surface area (Å²) in [6.07, 6.45) is 0.628. The summed E-state index contributed by atoms with van der Waals surface area (Å²) in [6, 6.07) is 11.3. The molecule has 2 aromatic carbocycles. The highest BCUT2D eigenvalue weighted by Crippen LogP contribution is 2.31. The number of benzene rings is 2. The number of aryl methyl sites for hydroxylation is 1. The molecule has 2 aromatic rings. The summed E-state index contributed by atoms with van der Waals surface area (Å²) in [5.41, 5.74) is 5.78. The summed E-state index contributed by atoms with van der Waals surface area (Å²) in [6.45, 7) is 1.97. The van der Waals surface area contributed by atoms with Gasteiger partial charge in [0.25, 0.3) is 0 Å². The molecule has 0 bridgehead atoms. The van der Waals surface area contributed by atoms with E-state index in [0.717, 1.165) is 27.5 Å². The summed E-state index contributed by atoms with van der Waals surface area (Å²) in [7, 11) is 1.64. The minimum Gasteiger partial charge on any atom is -0.496 e. The molecule has 1 atom stereocenters. The second-order valence-corrected chi connectivity index (χ2v) is 5.67. The predicted molar refractivity (Wildman–Crippen MR) is 88.0 cm³/mol. The molecule has 0 aliphatic rings. The molecule has 0 aliphatic carbocycles. The summed E-state index contributed by atoms with van der Waals surface area (Å²) < 4.78 is 5.38. The molecule has 0 amide bonds. The first-order valence-corrected chi connectivity index (χ1v) is 7.36. The van der Waals surface area contributed by atoms with Crippen molar-refractivity contribution in [3.05, 3.63) is 63.1 Å². The van der Waals surface area contributed by atoms with Crippen LogP contribution in [0.2, 0.25) is 10.0 Å². The van der Waals surface area contributed by atoms with Crippen molar-refractivity contribution in [1.82, 2.24) is 5.43 Å².